The molecule has 5 heteroatoms. The van der Waals surface area contributed by atoms with Crippen LogP contribution in [0.3, 0.4) is 0 Å². The number of halogens is 4. The fraction of sp³-hybridized carbons (Fsp3) is 0.269. The fourth-order valence-electron chi connectivity index (χ4n) is 3.65. The third-order valence-corrected chi connectivity index (χ3v) is 5.35. The van der Waals surface area contributed by atoms with E-state index in [9.17, 15) is 17.6 Å². The molecule has 0 aliphatic heterocycles. The molecule has 0 aromatic heterocycles. The van der Waals surface area contributed by atoms with Gasteiger partial charge in [0.05, 0.1) is 11.6 Å². The molecule has 0 saturated heterocycles. The van der Waals surface area contributed by atoms with Crippen LogP contribution in [0, 0.1) is 34.6 Å². The van der Waals surface area contributed by atoms with Crippen molar-refractivity contribution in [2.24, 2.45) is 0 Å². The average molecular weight is 425 g/mol. The van der Waals surface area contributed by atoms with Gasteiger partial charge >= 0.3 is 0 Å². The molecule has 0 amide bonds. The maximum atomic E-state index is 14.5. The summed E-state index contributed by atoms with van der Waals surface area (Å²) >= 11 is 0. The van der Waals surface area contributed by atoms with Gasteiger partial charge in [-0.15, -0.1) is 0 Å². The van der Waals surface area contributed by atoms with Gasteiger partial charge in [-0.3, -0.25) is 0 Å². The van der Waals surface area contributed by atoms with E-state index in [1.807, 2.05) is 13.0 Å². The van der Waals surface area contributed by atoms with E-state index in [4.69, 9.17) is 5.26 Å². The molecule has 0 atom stereocenters. The van der Waals surface area contributed by atoms with Crippen LogP contribution in [0.4, 0.5) is 17.6 Å². The smallest absolute Gasteiger partial charge is 0.129 e. The van der Waals surface area contributed by atoms with E-state index in [0.717, 1.165) is 12.0 Å². The van der Waals surface area contributed by atoms with Gasteiger partial charge < -0.3 is 0 Å². The van der Waals surface area contributed by atoms with Crippen LogP contribution in [0.5, 0.6) is 0 Å². The zero-order valence-corrected chi connectivity index (χ0v) is 17.3. The molecular formula is C26H23F4N. The minimum Gasteiger partial charge on any atom is -0.207 e. The Labute approximate surface area is 180 Å². The number of nitrogens with zero attached hydrogens (tertiary/aromatic N) is 1. The molecule has 3 aromatic rings. The Kier molecular flexibility index (Phi) is 7.46. The molecule has 3 aromatic carbocycles. The SMILES string of the molecule is CCCc1cc(F)c(CCc2cc(F)c(CCc3ccc(C#N)cc3)c(F)c2)c(F)c1. The van der Waals surface area contributed by atoms with Gasteiger partial charge in [0.1, 0.15) is 23.3 Å². The Morgan fingerprint density at radius 1 is 0.613 bits per heavy atom. The quantitative estimate of drug-likeness (QED) is 0.371. The summed E-state index contributed by atoms with van der Waals surface area (Å²) in [4.78, 5) is 0. The highest BCUT2D eigenvalue weighted by molar-refractivity contribution is 5.33. The van der Waals surface area contributed by atoms with Crippen molar-refractivity contribution in [1.82, 2.24) is 0 Å². The second kappa shape index (κ2) is 10.3. The Morgan fingerprint density at radius 3 is 1.45 bits per heavy atom. The molecule has 0 unspecified atom stereocenters. The van der Waals surface area contributed by atoms with Crippen molar-refractivity contribution in [2.45, 2.75) is 45.4 Å². The molecule has 1 nitrogen and oxygen atoms in total. The topological polar surface area (TPSA) is 23.8 Å². The third-order valence-electron chi connectivity index (χ3n) is 5.35. The number of aryl methyl sites for hydroxylation is 3. The normalized spacial score (nSPS) is 10.8. The van der Waals surface area contributed by atoms with Gasteiger partial charge in [0.25, 0.3) is 0 Å². The molecule has 3 rings (SSSR count). The van der Waals surface area contributed by atoms with Crippen molar-refractivity contribution in [2.75, 3.05) is 0 Å². The van der Waals surface area contributed by atoms with Gasteiger partial charge in [0.2, 0.25) is 0 Å². The maximum Gasteiger partial charge on any atom is 0.129 e. The number of benzene rings is 3. The minimum atomic E-state index is -0.664. The summed E-state index contributed by atoms with van der Waals surface area (Å²) in [5.41, 5.74) is 2.27. The predicted molar refractivity (Wildman–Crippen MR) is 113 cm³/mol. The molecular weight excluding hydrogens is 402 g/mol. The summed E-state index contributed by atoms with van der Waals surface area (Å²) in [5, 5.41) is 8.83. The summed E-state index contributed by atoms with van der Waals surface area (Å²) < 4.78 is 57.6. The van der Waals surface area contributed by atoms with Crippen LogP contribution < -0.4 is 0 Å². The fourth-order valence-corrected chi connectivity index (χ4v) is 3.65. The maximum absolute atomic E-state index is 14.5. The van der Waals surface area contributed by atoms with Crippen molar-refractivity contribution in [3.63, 3.8) is 0 Å². The molecule has 0 N–H and O–H groups in total. The van der Waals surface area contributed by atoms with E-state index in [2.05, 4.69) is 0 Å². The second-order valence-corrected chi connectivity index (χ2v) is 7.63. The summed E-state index contributed by atoms with van der Waals surface area (Å²) in [6.45, 7) is 1.93. The zero-order valence-electron chi connectivity index (χ0n) is 17.3. The summed E-state index contributed by atoms with van der Waals surface area (Å²) in [5.74, 6) is -2.57. The molecule has 0 saturated carbocycles. The number of nitriles is 1. The Morgan fingerprint density at radius 2 is 1.03 bits per heavy atom. The minimum absolute atomic E-state index is 0.0191. The molecule has 0 fully saturated rings. The van der Waals surface area contributed by atoms with Crippen LogP contribution >= 0.6 is 0 Å². The van der Waals surface area contributed by atoms with Crippen LogP contribution in [0.15, 0.2) is 48.5 Å². The van der Waals surface area contributed by atoms with Crippen molar-refractivity contribution >= 4 is 0 Å². The first-order valence-electron chi connectivity index (χ1n) is 10.3. The van der Waals surface area contributed by atoms with E-state index < -0.39 is 23.3 Å². The van der Waals surface area contributed by atoms with Crippen LogP contribution in [0.25, 0.3) is 0 Å². The molecule has 0 spiro atoms. The zero-order chi connectivity index (χ0) is 22.4. The van der Waals surface area contributed by atoms with Crippen molar-refractivity contribution < 1.29 is 17.6 Å². The highest BCUT2D eigenvalue weighted by Gasteiger charge is 2.15. The van der Waals surface area contributed by atoms with Crippen LogP contribution in [-0.4, -0.2) is 0 Å². The van der Waals surface area contributed by atoms with Crippen LogP contribution in [-0.2, 0) is 32.1 Å². The van der Waals surface area contributed by atoms with E-state index in [-0.39, 0.29) is 30.4 Å². The number of rotatable bonds is 8. The highest BCUT2D eigenvalue weighted by Crippen LogP contribution is 2.22. The summed E-state index contributed by atoms with van der Waals surface area (Å²) in [6, 6.07) is 14.0. The van der Waals surface area contributed by atoms with E-state index in [1.165, 1.54) is 24.3 Å². The van der Waals surface area contributed by atoms with Crippen molar-refractivity contribution in [3.8, 4) is 6.07 Å². The number of hydrogen-bond donors (Lipinski definition) is 0. The summed E-state index contributed by atoms with van der Waals surface area (Å²) in [7, 11) is 0. The Balaban J connectivity index is 1.68. The van der Waals surface area contributed by atoms with Crippen LogP contribution in [0.2, 0.25) is 0 Å². The highest BCUT2D eigenvalue weighted by atomic mass is 19.1. The largest absolute Gasteiger partial charge is 0.207 e. The first kappa shape index (κ1) is 22.6. The molecule has 0 radical (unpaired) electrons. The molecule has 160 valence electrons. The van der Waals surface area contributed by atoms with E-state index in [0.29, 0.717) is 29.5 Å². The first-order chi connectivity index (χ1) is 14.9. The van der Waals surface area contributed by atoms with Crippen molar-refractivity contribution in [3.05, 3.63) is 105 Å². The van der Waals surface area contributed by atoms with Gasteiger partial charge in [0, 0.05) is 11.1 Å². The van der Waals surface area contributed by atoms with Crippen molar-refractivity contribution in [1.29, 1.82) is 5.26 Å². The van der Waals surface area contributed by atoms with Gasteiger partial charge in [-0.2, -0.15) is 5.26 Å². The van der Waals surface area contributed by atoms with E-state index >= 15 is 0 Å². The molecule has 0 heterocycles. The molecule has 0 aliphatic carbocycles. The number of hydrogen-bond acceptors (Lipinski definition) is 1. The lowest BCUT2D eigenvalue weighted by Crippen LogP contribution is -2.04. The monoisotopic (exact) mass is 425 g/mol. The Bertz CT molecular complexity index is 1050. The third kappa shape index (κ3) is 5.73. The molecule has 0 bridgehead atoms. The lowest BCUT2D eigenvalue weighted by Gasteiger charge is -2.10. The molecule has 0 aliphatic rings. The second-order valence-electron chi connectivity index (χ2n) is 7.63. The summed E-state index contributed by atoms with van der Waals surface area (Å²) in [6.07, 6.45) is 2.13. The Hall–Kier alpha value is -3.13. The standard InChI is InChI=1S/C26H23F4N/c1-2-3-19-12-23(27)22(24(28)13-19)11-9-20-14-25(29)21(26(30)15-20)10-8-17-4-6-18(16-31)7-5-17/h4-7,12-15H,2-3,8-11H2,1H3. The average Bonchev–Trinajstić information content (AvgIpc) is 2.73. The lowest BCUT2D eigenvalue weighted by atomic mass is 9.97. The molecule has 31 heavy (non-hydrogen) atoms. The van der Waals surface area contributed by atoms with Gasteiger partial charge in [-0.25, -0.2) is 17.6 Å². The van der Waals surface area contributed by atoms with Gasteiger partial charge in [0.15, 0.2) is 0 Å². The van der Waals surface area contributed by atoms with Gasteiger partial charge in [-0.05, 0) is 85.2 Å². The lowest BCUT2D eigenvalue weighted by molar-refractivity contribution is 0.544. The van der Waals surface area contributed by atoms with E-state index in [1.54, 1.807) is 24.3 Å². The van der Waals surface area contributed by atoms with Gasteiger partial charge in [-0.1, -0.05) is 25.5 Å². The predicted octanol–water partition coefficient (Wildman–Crippen LogP) is 6.64. The first-order valence-corrected chi connectivity index (χ1v) is 10.3. The van der Waals surface area contributed by atoms with Crippen LogP contribution in [0.1, 0.15) is 46.7 Å².